The van der Waals surface area contributed by atoms with Gasteiger partial charge in [-0.05, 0) is 5.92 Å². The van der Waals surface area contributed by atoms with Crippen molar-refractivity contribution in [2.45, 2.75) is 26.4 Å². The fourth-order valence-corrected chi connectivity index (χ4v) is 1.94. The summed E-state index contributed by atoms with van der Waals surface area (Å²) in [7, 11) is -1.08. The third-order valence-electron chi connectivity index (χ3n) is 2.51. The van der Waals surface area contributed by atoms with Crippen molar-refractivity contribution in [2.24, 2.45) is 5.92 Å². The summed E-state index contributed by atoms with van der Waals surface area (Å²) in [4.78, 5) is 10.9. The lowest BCUT2D eigenvalue weighted by Crippen LogP contribution is -2.43. The molecule has 108 valence electrons. The number of aliphatic hydroxyl groups is 1. The number of rotatable bonds is 8. The largest absolute Gasteiger partial charge is 0.469 e. The molecule has 0 radical (unpaired) electrons. The molecule has 0 amide bonds. The van der Waals surface area contributed by atoms with Crippen molar-refractivity contribution >= 4 is 16.2 Å². The van der Waals surface area contributed by atoms with E-state index in [1.54, 1.807) is 13.8 Å². The normalized spacial score (nSPS) is 13.9. The molecule has 18 heavy (non-hydrogen) atoms. The summed E-state index contributed by atoms with van der Waals surface area (Å²) in [6.45, 7) is 3.56. The van der Waals surface area contributed by atoms with E-state index in [9.17, 15) is 18.3 Å². The maximum absolute atomic E-state index is 11.7. The van der Waals surface area contributed by atoms with Gasteiger partial charge in [-0.25, -0.2) is 0 Å². The predicted octanol–water partition coefficient (Wildman–Crippen LogP) is -0.667. The first-order valence-electron chi connectivity index (χ1n) is 5.66. The molecule has 0 spiro atoms. The second kappa shape index (κ2) is 7.67. The Balaban J connectivity index is 4.23. The zero-order valence-corrected chi connectivity index (χ0v) is 12.0. The summed E-state index contributed by atoms with van der Waals surface area (Å²) in [5.74, 6) is -0.507. The topological polar surface area (TPSA) is 95.9 Å². The molecule has 0 aromatic heterocycles. The molecule has 0 heterocycles. The minimum Gasteiger partial charge on any atom is -0.469 e. The first-order valence-corrected chi connectivity index (χ1v) is 7.10. The molecule has 2 N–H and O–H groups in total. The van der Waals surface area contributed by atoms with Crippen molar-refractivity contribution < 1.29 is 23.1 Å². The van der Waals surface area contributed by atoms with Gasteiger partial charge in [0.2, 0.25) is 0 Å². The molecule has 0 bridgehead atoms. The molecule has 7 nitrogen and oxygen atoms in total. The van der Waals surface area contributed by atoms with E-state index in [0.717, 1.165) is 4.31 Å². The van der Waals surface area contributed by atoms with Gasteiger partial charge in [-0.15, -0.1) is 0 Å². The van der Waals surface area contributed by atoms with E-state index in [0.29, 0.717) is 0 Å². The van der Waals surface area contributed by atoms with Crippen molar-refractivity contribution in [2.75, 3.05) is 27.2 Å². The monoisotopic (exact) mass is 282 g/mol. The average molecular weight is 282 g/mol. The van der Waals surface area contributed by atoms with E-state index >= 15 is 0 Å². The number of hydrogen-bond acceptors (Lipinski definition) is 5. The molecule has 1 atom stereocenters. The number of aliphatic hydroxyl groups excluding tert-OH is 1. The van der Waals surface area contributed by atoms with E-state index in [4.69, 9.17) is 0 Å². The van der Waals surface area contributed by atoms with Gasteiger partial charge in [0, 0.05) is 20.1 Å². The molecule has 0 aliphatic heterocycles. The molecule has 0 saturated carbocycles. The van der Waals surface area contributed by atoms with Crippen molar-refractivity contribution in [3.05, 3.63) is 0 Å². The molecule has 0 aromatic rings. The van der Waals surface area contributed by atoms with E-state index in [1.165, 1.54) is 14.2 Å². The predicted molar refractivity (Wildman–Crippen MR) is 67.0 cm³/mol. The second-order valence-electron chi connectivity index (χ2n) is 4.31. The summed E-state index contributed by atoms with van der Waals surface area (Å²) in [5.41, 5.74) is 0. The van der Waals surface area contributed by atoms with Crippen LogP contribution in [0.25, 0.3) is 0 Å². The summed E-state index contributed by atoms with van der Waals surface area (Å²) >= 11 is 0. The van der Waals surface area contributed by atoms with Gasteiger partial charge in [-0.3, -0.25) is 4.79 Å². The van der Waals surface area contributed by atoms with Crippen LogP contribution in [0.2, 0.25) is 0 Å². The number of methoxy groups -OCH3 is 1. The number of hydrogen-bond donors (Lipinski definition) is 2. The highest BCUT2D eigenvalue weighted by Gasteiger charge is 2.20. The fraction of sp³-hybridized carbons (Fsp3) is 0.900. The SMILES string of the molecule is COC(=O)CCN(C)S(=O)(=O)NCC(O)C(C)C. The van der Waals surface area contributed by atoms with E-state index in [2.05, 4.69) is 9.46 Å². The fourth-order valence-electron chi connectivity index (χ4n) is 1.01. The van der Waals surface area contributed by atoms with Crippen LogP contribution in [-0.2, 0) is 19.7 Å². The van der Waals surface area contributed by atoms with Crippen LogP contribution in [-0.4, -0.2) is 57.1 Å². The van der Waals surface area contributed by atoms with Crippen LogP contribution in [0.5, 0.6) is 0 Å². The van der Waals surface area contributed by atoms with Crippen LogP contribution in [0.1, 0.15) is 20.3 Å². The molecule has 1 unspecified atom stereocenters. The van der Waals surface area contributed by atoms with Crippen LogP contribution in [0.4, 0.5) is 0 Å². The maximum Gasteiger partial charge on any atom is 0.306 e. The highest BCUT2D eigenvalue weighted by molar-refractivity contribution is 7.87. The third kappa shape index (κ3) is 6.29. The molecular formula is C10H22N2O5S. The maximum atomic E-state index is 11.7. The third-order valence-corrected chi connectivity index (χ3v) is 4.05. The zero-order chi connectivity index (χ0) is 14.3. The van der Waals surface area contributed by atoms with Gasteiger partial charge in [-0.1, -0.05) is 13.8 Å². The summed E-state index contributed by atoms with van der Waals surface area (Å²) < 4.78 is 31.1. The lowest BCUT2D eigenvalue weighted by Gasteiger charge is -2.20. The van der Waals surface area contributed by atoms with Crippen molar-refractivity contribution in [3.63, 3.8) is 0 Å². The summed E-state index contributed by atoms with van der Waals surface area (Å²) in [6.07, 6.45) is -0.755. The van der Waals surface area contributed by atoms with Crippen LogP contribution in [0.3, 0.4) is 0 Å². The van der Waals surface area contributed by atoms with Gasteiger partial charge in [0.15, 0.2) is 0 Å². The Morgan fingerprint density at radius 3 is 2.44 bits per heavy atom. The van der Waals surface area contributed by atoms with Crippen molar-refractivity contribution in [3.8, 4) is 0 Å². The average Bonchev–Trinajstić information content (AvgIpc) is 2.32. The van der Waals surface area contributed by atoms with E-state index in [-0.39, 0.29) is 25.4 Å². The minimum atomic E-state index is -3.68. The minimum absolute atomic E-state index is 0.0132. The smallest absolute Gasteiger partial charge is 0.306 e. The molecule has 0 saturated heterocycles. The van der Waals surface area contributed by atoms with Gasteiger partial charge >= 0.3 is 5.97 Å². The van der Waals surface area contributed by atoms with Crippen molar-refractivity contribution in [1.82, 2.24) is 9.03 Å². The Hall–Kier alpha value is -0.700. The van der Waals surface area contributed by atoms with Crippen LogP contribution >= 0.6 is 0 Å². The van der Waals surface area contributed by atoms with E-state index < -0.39 is 22.3 Å². The highest BCUT2D eigenvalue weighted by Crippen LogP contribution is 2.02. The molecule has 0 aliphatic rings. The number of carbonyl (C=O) groups excluding carboxylic acids is 1. The molecule has 8 heteroatoms. The Morgan fingerprint density at radius 1 is 1.44 bits per heavy atom. The van der Waals surface area contributed by atoms with Gasteiger partial charge in [0.1, 0.15) is 0 Å². The first kappa shape index (κ1) is 17.3. The Bertz CT molecular complexity index is 355. The second-order valence-corrected chi connectivity index (χ2v) is 6.17. The number of carbonyl (C=O) groups is 1. The number of esters is 1. The standard InChI is InChI=1S/C10H22N2O5S/c1-8(2)9(13)7-11-18(15,16)12(3)6-5-10(14)17-4/h8-9,11,13H,5-7H2,1-4H3. The lowest BCUT2D eigenvalue weighted by atomic mass is 10.1. The Morgan fingerprint density at radius 2 is 2.00 bits per heavy atom. The Kier molecular flexibility index (Phi) is 7.37. The number of nitrogens with zero attached hydrogens (tertiary/aromatic N) is 1. The number of ether oxygens (including phenoxy) is 1. The van der Waals surface area contributed by atoms with Gasteiger partial charge in [-0.2, -0.15) is 17.4 Å². The molecule has 0 aromatic carbocycles. The Labute approximate surface area is 108 Å². The van der Waals surface area contributed by atoms with Gasteiger partial charge in [0.05, 0.1) is 19.6 Å². The van der Waals surface area contributed by atoms with Crippen LogP contribution < -0.4 is 4.72 Å². The van der Waals surface area contributed by atoms with Gasteiger partial charge in [0.25, 0.3) is 10.2 Å². The molecular weight excluding hydrogens is 260 g/mol. The van der Waals surface area contributed by atoms with Crippen molar-refractivity contribution in [1.29, 1.82) is 0 Å². The zero-order valence-electron chi connectivity index (χ0n) is 11.2. The summed E-state index contributed by atoms with van der Waals surface area (Å²) in [5, 5.41) is 9.51. The quantitative estimate of drug-likeness (QED) is 0.576. The molecule has 0 rings (SSSR count). The first-order chi connectivity index (χ1) is 8.20. The molecule has 0 fully saturated rings. The highest BCUT2D eigenvalue weighted by atomic mass is 32.2. The van der Waals surface area contributed by atoms with Crippen LogP contribution in [0.15, 0.2) is 0 Å². The van der Waals surface area contributed by atoms with Crippen LogP contribution in [0, 0.1) is 5.92 Å². The summed E-state index contributed by atoms with van der Waals surface area (Å²) in [6, 6.07) is 0. The van der Waals surface area contributed by atoms with Gasteiger partial charge < -0.3 is 9.84 Å². The molecule has 0 aliphatic carbocycles. The number of nitrogens with one attached hydrogen (secondary N) is 1. The van der Waals surface area contributed by atoms with E-state index in [1.807, 2.05) is 0 Å². The lowest BCUT2D eigenvalue weighted by molar-refractivity contribution is -0.140.